The SMILES string of the molecule is O=S(=O)(/C=C/c1ccc(Cl)cc1)NCCc1cccc(Cl)c1. The molecule has 0 amide bonds. The molecule has 22 heavy (non-hydrogen) atoms. The Bertz CT molecular complexity index is 756. The maximum atomic E-state index is 11.9. The van der Waals surface area contributed by atoms with Crippen LogP contribution in [0.5, 0.6) is 0 Å². The van der Waals surface area contributed by atoms with Crippen molar-refractivity contribution in [3.63, 3.8) is 0 Å². The first-order valence-electron chi connectivity index (χ1n) is 6.62. The fraction of sp³-hybridized carbons (Fsp3) is 0.125. The summed E-state index contributed by atoms with van der Waals surface area (Å²) < 4.78 is 26.3. The van der Waals surface area contributed by atoms with E-state index in [4.69, 9.17) is 23.2 Å². The number of halogens is 2. The number of nitrogens with one attached hydrogen (secondary N) is 1. The lowest BCUT2D eigenvalue weighted by Gasteiger charge is -2.04. The summed E-state index contributed by atoms with van der Waals surface area (Å²) in [5.74, 6) is 0. The van der Waals surface area contributed by atoms with Crippen molar-refractivity contribution in [1.29, 1.82) is 0 Å². The highest BCUT2D eigenvalue weighted by Gasteiger charge is 2.04. The standard InChI is InChI=1S/C16H15Cl2NO2S/c17-15-6-4-13(5-7-15)9-11-22(20,21)19-10-8-14-2-1-3-16(18)12-14/h1-7,9,11-12,19H,8,10H2/b11-9+. The molecule has 0 spiro atoms. The molecule has 0 saturated heterocycles. The van der Waals surface area contributed by atoms with Crippen LogP contribution in [0.2, 0.25) is 10.0 Å². The van der Waals surface area contributed by atoms with E-state index in [1.807, 2.05) is 18.2 Å². The predicted octanol–water partition coefficient (Wildman–Crippen LogP) is 4.13. The van der Waals surface area contributed by atoms with Crippen molar-refractivity contribution in [1.82, 2.24) is 4.72 Å². The van der Waals surface area contributed by atoms with Crippen molar-refractivity contribution in [2.75, 3.05) is 6.54 Å². The van der Waals surface area contributed by atoms with E-state index in [0.29, 0.717) is 23.0 Å². The van der Waals surface area contributed by atoms with Crippen LogP contribution >= 0.6 is 23.2 Å². The summed E-state index contributed by atoms with van der Waals surface area (Å²) in [7, 11) is -3.47. The Morgan fingerprint density at radius 3 is 2.41 bits per heavy atom. The van der Waals surface area contributed by atoms with Crippen molar-refractivity contribution in [2.24, 2.45) is 0 Å². The summed E-state index contributed by atoms with van der Waals surface area (Å²) in [5.41, 5.74) is 1.75. The molecule has 3 nitrogen and oxygen atoms in total. The lowest BCUT2D eigenvalue weighted by atomic mass is 10.2. The molecular formula is C16H15Cl2NO2S. The Kier molecular flexibility index (Phi) is 6.03. The van der Waals surface area contributed by atoms with E-state index < -0.39 is 10.0 Å². The summed E-state index contributed by atoms with van der Waals surface area (Å²) in [6, 6.07) is 14.3. The lowest BCUT2D eigenvalue weighted by Crippen LogP contribution is -2.23. The van der Waals surface area contributed by atoms with Gasteiger partial charge in [-0.3, -0.25) is 0 Å². The molecule has 0 aliphatic heterocycles. The van der Waals surface area contributed by atoms with Gasteiger partial charge in [-0.05, 0) is 47.9 Å². The van der Waals surface area contributed by atoms with E-state index in [2.05, 4.69) is 4.72 Å². The Morgan fingerprint density at radius 2 is 1.73 bits per heavy atom. The minimum Gasteiger partial charge on any atom is -0.211 e. The molecule has 0 unspecified atom stereocenters. The zero-order chi connectivity index (χ0) is 16.0. The summed E-state index contributed by atoms with van der Waals surface area (Å²) in [5, 5.41) is 2.40. The first-order chi connectivity index (χ1) is 10.4. The molecule has 0 bridgehead atoms. The number of hydrogen-bond donors (Lipinski definition) is 1. The van der Waals surface area contributed by atoms with Crippen LogP contribution in [-0.2, 0) is 16.4 Å². The zero-order valence-electron chi connectivity index (χ0n) is 11.7. The quantitative estimate of drug-likeness (QED) is 0.846. The van der Waals surface area contributed by atoms with Crippen LogP contribution in [0.25, 0.3) is 6.08 Å². The van der Waals surface area contributed by atoms with Gasteiger partial charge in [0.05, 0.1) is 0 Å². The largest absolute Gasteiger partial charge is 0.233 e. The van der Waals surface area contributed by atoms with E-state index >= 15 is 0 Å². The van der Waals surface area contributed by atoms with Crippen LogP contribution in [0.15, 0.2) is 53.9 Å². The third kappa shape index (κ3) is 5.81. The van der Waals surface area contributed by atoms with Crippen molar-refractivity contribution in [2.45, 2.75) is 6.42 Å². The molecule has 2 aromatic carbocycles. The highest BCUT2D eigenvalue weighted by molar-refractivity contribution is 7.92. The number of hydrogen-bond acceptors (Lipinski definition) is 2. The van der Waals surface area contributed by atoms with Gasteiger partial charge in [0.1, 0.15) is 0 Å². The monoisotopic (exact) mass is 355 g/mol. The normalized spacial score (nSPS) is 11.9. The van der Waals surface area contributed by atoms with Gasteiger partial charge in [-0.25, -0.2) is 13.1 Å². The molecule has 2 aromatic rings. The molecule has 2 rings (SSSR count). The van der Waals surface area contributed by atoms with E-state index in [1.54, 1.807) is 30.3 Å². The highest BCUT2D eigenvalue weighted by Crippen LogP contribution is 2.12. The fourth-order valence-corrected chi connectivity index (χ4v) is 2.98. The average molecular weight is 356 g/mol. The minimum atomic E-state index is -3.47. The molecule has 1 N–H and O–H groups in total. The van der Waals surface area contributed by atoms with Crippen molar-refractivity contribution in [3.05, 3.63) is 75.1 Å². The lowest BCUT2D eigenvalue weighted by molar-refractivity contribution is 0.591. The third-order valence-electron chi connectivity index (χ3n) is 2.92. The van der Waals surface area contributed by atoms with Gasteiger partial charge < -0.3 is 0 Å². The molecule has 0 aromatic heterocycles. The van der Waals surface area contributed by atoms with Crippen LogP contribution in [0, 0.1) is 0 Å². The first-order valence-corrected chi connectivity index (χ1v) is 8.93. The summed E-state index contributed by atoms with van der Waals surface area (Å²) in [4.78, 5) is 0. The number of rotatable bonds is 6. The average Bonchev–Trinajstić information content (AvgIpc) is 2.47. The van der Waals surface area contributed by atoms with Crippen molar-refractivity contribution >= 4 is 39.3 Å². The molecule has 0 atom stereocenters. The smallest absolute Gasteiger partial charge is 0.211 e. The summed E-state index contributed by atoms with van der Waals surface area (Å²) >= 11 is 11.7. The van der Waals surface area contributed by atoms with Crippen LogP contribution in [0.1, 0.15) is 11.1 Å². The summed E-state index contributed by atoms with van der Waals surface area (Å²) in [6.07, 6.45) is 2.10. The molecule has 116 valence electrons. The molecule has 0 saturated carbocycles. The molecule has 0 aliphatic rings. The van der Waals surface area contributed by atoms with Gasteiger partial charge in [0.25, 0.3) is 0 Å². The molecule has 6 heteroatoms. The Balaban J connectivity index is 1.89. The van der Waals surface area contributed by atoms with Gasteiger partial charge in [-0.2, -0.15) is 0 Å². The molecule has 0 radical (unpaired) electrons. The van der Waals surface area contributed by atoms with E-state index in [9.17, 15) is 8.42 Å². The second-order valence-corrected chi connectivity index (χ2v) is 7.20. The van der Waals surface area contributed by atoms with Crippen LogP contribution in [0.3, 0.4) is 0 Å². The van der Waals surface area contributed by atoms with E-state index in [-0.39, 0.29) is 0 Å². The van der Waals surface area contributed by atoms with Gasteiger partial charge >= 0.3 is 0 Å². The Labute approximate surface area is 140 Å². The first kappa shape index (κ1) is 17.0. The second-order valence-electron chi connectivity index (χ2n) is 4.67. The van der Waals surface area contributed by atoms with Crippen LogP contribution in [0.4, 0.5) is 0 Å². The second kappa shape index (κ2) is 7.79. The highest BCUT2D eigenvalue weighted by atomic mass is 35.5. The number of sulfonamides is 1. The predicted molar refractivity (Wildman–Crippen MR) is 92.6 cm³/mol. The van der Waals surface area contributed by atoms with Gasteiger partial charge in [-0.15, -0.1) is 0 Å². The Hall–Kier alpha value is -1.33. The van der Waals surface area contributed by atoms with Crippen LogP contribution < -0.4 is 4.72 Å². The maximum Gasteiger partial charge on any atom is 0.233 e. The van der Waals surface area contributed by atoms with Crippen molar-refractivity contribution < 1.29 is 8.42 Å². The molecule has 0 heterocycles. The summed E-state index contributed by atoms with van der Waals surface area (Å²) in [6.45, 7) is 0.313. The molecular weight excluding hydrogens is 341 g/mol. The number of benzene rings is 2. The van der Waals surface area contributed by atoms with Gasteiger partial charge in [0.2, 0.25) is 10.0 Å². The fourth-order valence-electron chi connectivity index (χ4n) is 1.82. The zero-order valence-corrected chi connectivity index (χ0v) is 14.0. The molecule has 0 aliphatic carbocycles. The van der Waals surface area contributed by atoms with Gasteiger partial charge in [0.15, 0.2) is 0 Å². The topological polar surface area (TPSA) is 46.2 Å². The Morgan fingerprint density at radius 1 is 1.00 bits per heavy atom. The maximum absolute atomic E-state index is 11.9. The molecule has 0 fully saturated rings. The van der Waals surface area contributed by atoms with Gasteiger partial charge in [-0.1, -0.05) is 47.5 Å². The van der Waals surface area contributed by atoms with Gasteiger partial charge in [0, 0.05) is 22.0 Å². The van der Waals surface area contributed by atoms with E-state index in [0.717, 1.165) is 16.5 Å². The third-order valence-corrected chi connectivity index (χ3v) is 4.50. The van der Waals surface area contributed by atoms with Crippen molar-refractivity contribution in [3.8, 4) is 0 Å². The minimum absolute atomic E-state index is 0.313. The van der Waals surface area contributed by atoms with Crippen LogP contribution in [-0.4, -0.2) is 15.0 Å². The van der Waals surface area contributed by atoms with E-state index in [1.165, 1.54) is 6.08 Å².